The second-order valence-electron chi connectivity index (χ2n) is 5.61. The van der Waals surface area contributed by atoms with Crippen molar-refractivity contribution < 1.29 is 14.3 Å². The van der Waals surface area contributed by atoms with Crippen LogP contribution in [0.2, 0.25) is 0 Å². The van der Waals surface area contributed by atoms with Crippen molar-refractivity contribution in [1.29, 1.82) is 0 Å². The summed E-state index contributed by atoms with van der Waals surface area (Å²) in [5.74, 6) is 1.86. The first kappa shape index (κ1) is 15.6. The highest BCUT2D eigenvalue weighted by Gasteiger charge is 2.21. The van der Waals surface area contributed by atoms with Gasteiger partial charge in [0.25, 0.3) is 0 Å². The van der Waals surface area contributed by atoms with Gasteiger partial charge < -0.3 is 20.5 Å². The lowest BCUT2D eigenvalue weighted by Crippen LogP contribution is -2.30. The van der Waals surface area contributed by atoms with E-state index in [0.717, 1.165) is 31.4 Å². The predicted molar refractivity (Wildman–Crippen MR) is 81.6 cm³/mol. The molecule has 0 saturated heterocycles. The molecule has 1 fully saturated rings. The fourth-order valence-corrected chi connectivity index (χ4v) is 2.80. The normalized spacial score (nSPS) is 21.1. The van der Waals surface area contributed by atoms with E-state index in [1.165, 1.54) is 0 Å². The maximum Gasteiger partial charge on any atom is 0.224 e. The van der Waals surface area contributed by atoms with E-state index >= 15 is 0 Å². The van der Waals surface area contributed by atoms with Crippen LogP contribution in [0, 0.1) is 5.92 Å². The minimum Gasteiger partial charge on any atom is -0.493 e. The number of hydrogen-bond donors (Lipinski definition) is 2. The lowest BCUT2D eigenvalue weighted by molar-refractivity contribution is -0.120. The zero-order valence-electron chi connectivity index (χ0n) is 12.7. The fourth-order valence-electron chi connectivity index (χ4n) is 2.80. The average molecular weight is 292 g/mol. The van der Waals surface area contributed by atoms with Crippen LogP contribution in [0.5, 0.6) is 11.5 Å². The van der Waals surface area contributed by atoms with E-state index in [1.54, 1.807) is 14.2 Å². The summed E-state index contributed by atoms with van der Waals surface area (Å²) in [5, 5.41) is 2.99. The number of nitrogens with two attached hydrogens (primary N) is 1. The number of methoxy groups -OCH3 is 2. The Morgan fingerprint density at radius 3 is 2.67 bits per heavy atom. The summed E-state index contributed by atoms with van der Waals surface area (Å²) in [5.41, 5.74) is 6.79. The van der Waals surface area contributed by atoms with Gasteiger partial charge in [0.05, 0.1) is 20.6 Å². The largest absolute Gasteiger partial charge is 0.493 e. The molecule has 116 valence electrons. The highest BCUT2D eigenvalue weighted by atomic mass is 16.5. The molecule has 3 N–H and O–H groups in total. The summed E-state index contributed by atoms with van der Waals surface area (Å²) in [7, 11) is 3.18. The van der Waals surface area contributed by atoms with Crippen LogP contribution >= 0.6 is 0 Å². The monoisotopic (exact) mass is 292 g/mol. The summed E-state index contributed by atoms with van der Waals surface area (Å²) in [6.07, 6.45) is 3.53. The van der Waals surface area contributed by atoms with E-state index in [-0.39, 0.29) is 5.91 Å². The number of rotatable bonds is 6. The van der Waals surface area contributed by atoms with Gasteiger partial charge in [0.1, 0.15) is 0 Å². The molecule has 1 aromatic carbocycles. The van der Waals surface area contributed by atoms with E-state index < -0.39 is 0 Å². The summed E-state index contributed by atoms with van der Waals surface area (Å²) in [4.78, 5) is 12.0. The predicted octanol–water partition coefficient (Wildman–Crippen LogP) is 1.49. The van der Waals surface area contributed by atoms with E-state index in [0.29, 0.717) is 29.9 Å². The Hall–Kier alpha value is -1.75. The third kappa shape index (κ3) is 4.36. The van der Waals surface area contributed by atoms with E-state index in [9.17, 15) is 4.79 Å². The van der Waals surface area contributed by atoms with Gasteiger partial charge in [-0.2, -0.15) is 0 Å². The molecule has 0 spiro atoms. The summed E-state index contributed by atoms with van der Waals surface area (Å²) in [6, 6.07) is 5.84. The topological polar surface area (TPSA) is 73.6 Å². The highest BCUT2D eigenvalue weighted by Crippen LogP contribution is 2.27. The van der Waals surface area contributed by atoms with Crippen LogP contribution in [-0.2, 0) is 11.2 Å². The minimum atomic E-state index is 0.0303. The first-order valence-electron chi connectivity index (χ1n) is 7.35. The zero-order valence-corrected chi connectivity index (χ0v) is 12.7. The number of carbonyl (C=O) groups excluding carboxylic acids is 1. The molecule has 21 heavy (non-hydrogen) atoms. The molecule has 2 unspecified atom stereocenters. The summed E-state index contributed by atoms with van der Waals surface area (Å²) in [6.45, 7) is 0.722. The molecule has 1 aliphatic rings. The quantitative estimate of drug-likeness (QED) is 0.833. The van der Waals surface area contributed by atoms with Gasteiger partial charge >= 0.3 is 0 Å². The van der Waals surface area contributed by atoms with Crippen molar-refractivity contribution in [3.63, 3.8) is 0 Å². The molecule has 2 atom stereocenters. The minimum absolute atomic E-state index is 0.0303. The van der Waals surface area contributed by atoms with Crippen LogP contribution in [0.3, 0.4) is 0 Å². The molecule has 0 aromatic heterocycles. The molecule has 1 aliphatic carbocycles. The molecular formula is C16H24N2O3. The molecule has 2 rings (SSSR count). The van der Waals surface area contributed by atoms with Crippen LogP contribution in [0.1, 0.15) is 24.8 Å². The van der Waals surface area contributed by atoms with Crippen LogP contribution in [0.15, 0.2) is 18.2 Å². The van der Waals surface area contributed by atoms with E-state index in [2.05, 4.69) is 5.32 Å². The molecule has 5 nitrogen and oxygen atoms in total. The molecule has 0 aliphatic heterocycles. The van der Waals surface area contributed by atoms with Crippen molar-refractivity contribution in [3.05, 3.63) is 23.8 Å². The zero-order chi connectivity index (χ0) is 15.2. The lowest BCUT2D eigenvalue weighted by atomic mass is 10.1. The smallest absolute Gasteiger partial charge is 0.224 e. The highest BCUT2D eigenvalue weighted by molar-refractivity contribution is 5.78. The molecule has 1 saturated carbocycles. The van der Waals surface area contributed by atoms with Crippen LogP contribution < -0.4 is 20.5 Å². The third-order valence-corrected chi connectivity index (χ3v) is 3.98. The van der Waals surface area contributed by atoms with Crippen molar-refractivity contribution in [2.75, 3.05) is 20.8 Å². The Labute approximate surface area is 125 Å². The third-order valence-electron chi connectivity index (χ3n) is 3.98. The first-order chi connectivity index (χ1) is 10.1. The fraction of sp³-hybridized carbons (Fsp3) is 0.562. The average Bonchev–Trinajstić information content (AvgIpc) is 2.90. The Morgan fingerprint density at radius 2 is 2.05 bits per heavy atom. The second kappa shape index (κ2) is 7.31. The number of amides is 1. The molecule has 5 heteroatoms. The number of benzene rings is 1. The molecule has 1 aromatic rings. The molecular weight excluding hydrogens is 268 g/mol. The van der Waals surface area contributed by atoms with Gasteiger partial charge in [0.2, 0.25) is 5.91 Å². The van der Waals surface area contributed by atoms with Crippen molar-refractivity contribution in [3.8, 4) is 11.5 Å². The summed E-state index contributed by atoms with van der Waals surface area (Å²) >= 11 is 0. The SMILES string of the molecule is COc1ccc(CC(=O)NCC2CCC(N)C2)cc1OC. The Bertz CT molecular complexity index is 490. The van der Waals surface area contributed by atoms with Crippen molar-refractivity contribution in [1.82, 2.24) is 5.32 Å². The molecule has 0 heterocycles. The molecule has 1 amide bonds. The standard InChI is InChI=1S/C16H24N2O3/c1-20-14-6-4-11(8-15(14)21-2)9-16(19)18-10-12-3-5-13(17)7-12/h4,6,8,12-13H,3,5,7,9-10,17H2,1-2H3,(H,18,19). The number of ether oxygens (including phenoxy) is 2. The van der Waals surface area contributed by atoms with Gasteiger partial charge in [-0.15, -0.1) is 0 Å². The van der Waals surface area contributed by atoms with Crippen LogP contribution in [-0.4, -0.2) is 32.7 Å². The van der Waals surface area contributed by atoms with Gasteiger partial charge in [0.15, 0.2) is 11.5 Å². The Kier molecular flexibility index (Phi) is 5.44. The van der Waals surface area contributed by atoms with Crippen LogP contribution in [0.4, 0.5) is 0 Å². The van der Waals surface area contributed by atoms with Gasteiger partial charge in [-0.25, -0.2) is 0 Å². The van der Waals surface area contributed by atoms with Crippen molar-refractivity contribution in [2.45, 2.75) is 31.7 Å². The van der Waals surface area contributed by atoms with E-state index in [1.807, 2.05) is 18.2 Å². The Balaban J connectivity index is 1.84. The number of hydrogen-bond acceptors (Lipinski definition) is 4. The molecule has 0 radical (unpaired) electrons. The second-order valence-corrected chi connectivity index (χ2v) is 5.61. The first-order valence-corrected chi connectivity index (χ1v) is 7.35. The van der Waals surface area contributed by atoms with Gasteiger partial charge in [0, 0.05) is 12.6 Å². The maximum atomic E-state index is 12.0. The number of nitrogens with one attached hydrogen (secondary N) is 1. The number of carbonyl (C=O) groups is 1. The van der Waals surface area contributed by atoms with Gasteiger partial charge in [-0.05, 0) is 42.9 Å². The lowest BCUT2D eigenvalue weighted by Gasteiger charge is -2.12. The van der Waals surface area contributed by atoms with Crippen molar-refractivity contribution >= 4 is 5.91 Å². The molecule has 0 bridgehead atoms. The van der Waals surface area contributed by atoms with Crippen molar-refractivity contribution in [2.24, 2.45) is 11.7 Å². The van der Waals surface area contributed by atoms with Gasteiger partial charge in [-0.3, -0.25) is 4.79 Å². The summed E-state index contributed by atoms with van der Waals surface area (Å²) < 4.78 is 10.4. The van der Waals surface area contributed by atoms with Crippen LogP contribution in [0.25, 0.3) is 0 Å². The Morgan fingerprint density at radius 1 is 1.29 bits per heavy atom. The van der Waals surface area contributed by atoms with E-state index in [4.69, 9.17) is 15.2 Å². The van der Waals surface area contributed by atoms with Gasteiger partial charge in [-0.1, -0.05) is 6.07 Å². The maximum absolute atomic E-state index is 12.0.